The molecule has 5 nitrogen and oxygen atoms in total. The summed E-state index contributed by atoms with van der Waals surface area (Å²) < 4.78 is 38.0. The Kier molecular flexibility index (Phi) is 7.13. The van der Waals surface area contributed by atoms with Crippen molar-refractivity contribution in [2.24, 2.45) is 0 Å². The first kappa shape index (κ1) is 25.4. The van der Waals surface area contributed by atoms with E-state index in [-0.39, 0.29) is 15.6 Å². The van der Waals surface area contributed by atoms with Crippen LogP contribution in [0.2, 0.25) is 0 Å². The highest BCUT2D eigenvalue weighted by molar-refractivity contribution is 7.91. The number of methoxy groups -OCH3 is 2. The van der Waals surface area contributed by atoms with Crippen LogP contribution in [-0.4, -0.2) is 28.4 Å². The molecule has 1 heterocycles. The van der Waals surface area contributed by atoms with Gasteiger partial charge in [-0.05, 0) is 72.1 Å². The van der Waals surface area contributed by atoms with Gasteiger partial charge in [-0.1, -0.05) is 36.4 Å². The van der Waals surface area contributed by atoms with Gasteiger partial charge in [-0.25, -0.2) is 8.42 Å². The van der Waals surface area contributed by atoms with Gasteiger partial charge in [0.05, 0.1) is 24.0 Å². The minimum Gasteiger partial charge on any atom is -0.496 e. The van der Waals surface area contributed by atoms with E-state index in [0.717, 1.165) is 21.4 Å². The molecule has 0 radical (unpaired) electrons. The van der Waals surface area contributed by atoms with Crippen molar-refractivity contribution in [3.05, 3.63) is 114 Å². The zero-order valence-electron chi connectivity index (χ0n) is 20.8. The van der Waals surface area contributed by atoms with E-state index >= 15 is 0 Å². The smallest absolute Gasteiger partial charge is 0.206 e. The van der Waals surface area contributed by atoms with Gasteiger partial charge in [0.25, 0.3) is 0 Å². The number of benzene rings is 4. The molecule has 7 heteroatoms. The zero-order valence-corrected chi connectivity index (χ0v) is 22.4. The van der Waals surface area contributed by atoms with Crippen LogP contribution in [-0.2, 0) is 9.84 Å². The van der Waals surface area contributed by atoms with E-state index < -0.39 is 9.84 Å². The number of ether oxygens (including phenoxy) is 2. The number of ketones is 1. The summed E-state index contributed by atoms with van der Waals surface area (Å²) in [4.78, 5) is 14.3. The largest absolute Gasteiger partial charge is 0.496 e. The summed E-state index contributed by atoms with van der Waals surface area (Å²) in [5, 5.41) is 1.15. The Morgan fingerprint density at radius 2 is 1.42 bits per heavy atom. The Bertz CT molecular complexity index is 1720. The van der Waals surface area contributed by atoms with Crippen LogP contribution in [0.5, 0.6) is 11.5 Å². The first-order valence-electron chi connectivity index (χ1n) is 11.8. The number of rotatable bonds is 8. The highest BCUT2D eigenvalue weighted by Gasteiger charge is 2.18. The molecule has 1 aromatic heterocycles. The average molecular weight is 541 g/mol. The number of carbonyl (C=O) groups is 1. The maximum absolute atomic E-state index is 12.9. The molecule has 0 unspecified atom stereocenters. The Morgan fingerprint density at radius 1 is 0.763 bits per heavy atom. The van der Waals surface area contributed by atoms with Crippen molar-refractivity contribution in [3.63, 3.8) is 0 Å². The van der Waals surface area contributed by atoms with Crippen LogP contribution in [0.4, 0.5) is 0 Å². The fourth-order valence-electron chi connectivity index (χ4n) is 4.16. The molecule has 0 amide bonds. The van der Waals surface area contributed by atoms with E-state index in [1.807, 2.05) is 24.3 Å². The fraction of sp³-hybridized carbons (Fsp3) is 0.0645. The van der Waals surface area contributed by atoms with Gasteiger partial charge >= 0.3 is 0 Å². The van der Waals surface area contributed by atoms with Gasteiger partial charge in [0, 0.05) is 32.3 Å². The molecule has 0 aliphatic rings. The lowest BCUT2D eigenvalue weighted by atomic mass is 10.0. The van der Waals surface area contributed by atoms with E-state index in [1.165, 1.54) is 35.0 Å². The minimum absolute atomic E-state index is 0.133. The molecule has 4 aromatic carbocycles. The van der Waals surface area contributed by atoms with Gasteiger partial charge < -0.3 is 9.47 Å². The summed E-state index contributed by atoms with van der Waals surface area (Å²) in [6.07, 6.45) is 3.16. The predicted octanol–water partition coefficient (Wildman–Crippen LogP) is 7.31. The lowest BCUT2D eigenvalue weighted by Gasteiger charge is -2.12. The predicted molar refractivity (Wildman–Crippen MR) is 152 cm³/mol. The monoisotopic (exact) mass is 540 g/mol. The Morgan fingerprint density at radius 3 is 2.11 bits per heavy atom. The molecule has 5 rings (SSSR count). The maximum Gasteiger partial charge on any atom is 0.206 e. The number of sulfone groups is 1. The molecule has 0 saturated heterocycles. The van der Waals surface area contributed by atoms with E-state index in [4.69, 9.17) is 9.47 Å². The molecular formula is C31H24O5S2. The summed E-state index contributed by atoms with van der Waals surface area (Å²) >= 11 is 1.66. The van der Waals surface area contributed by atoms with E-state index in [0.29, 0.717) is 17.1 Å². The molecule has 5 aromatic rings. The Hall–Kier alpha value is -4.20. The van der Waals surface area contributed by atoms with Crippen LogP contribution in [0.1, 0.15) is 15.9 Å². The second-order valence-corrected chi connectivity index (χ2v) is 11.5. The average Bonchev–Trinajstić information content (AvgIpc) is 3.40. The van der Waals surface area contributed by atoms with Crippen molar-refractivity contribution in [3.8, 4) is 21.9 Å². The quantitative estimate of drug-likeness (QED) is 0.152. The Balaban J connectivity index is 1.44. The van der Waals surface area contributed by atoms with Gasteiger partial charge in [-0.2, -0.15) is 0 Å². The van der Waals surface area contributed by atoms with E-state index in [9.17, 15) is 13.2 Å². The molecule has 0 saturated carbocycles. The van der Waals surface area contributed by atoms with Crippen LogP contribution in [0.15, 0.2) is 113 Å². The van der Waals surface area contributed by atoms with Crippen molar-refractivity contribution in [2.45, 2.75) is 9.79 Å². The molecular weight excluding hydrogens is 516 g/mol. The summed E-state index contributed by atoms with van der Waals surface area (Å²) in [5.74, 6) is 0.988. The van der Waals surface area contributed by atoms with Crippen molar-refractivity contribution in [2.75, 3.05) is 14.2 Å². The van der Waals surface area contributed by atoms with Crippen molar-refractivity contribution < 1.29 is 22.7 Å². The van der Waals surface area contributed by atoms with Crippen LogP contribution < -0.4 is 9.47 Å². The standard InChI is InChI=1S/C31H24O5S2/c1-35-28-20-29(36-2)26(31-19-23-8-6-7-11-30(23)37-31)18-22(28)14-17-27(32)21-12-15-25(16-13-21)38(33,34)24-9-4-3-5-10-24/h3-20H,1-2H3/b17-14+. The molecule has 0 N–H and O–H groups in total. The fourth-order valence-corrected chi connectivity index (χ4v) is 6.52. The number of hydrogen-bond donors (Lipinski definition) is 0. The highest BCUT2D eigenvalue weighted by atomic mass is 32.2. The molecule has 0 bridgehead atoms. The third-order valence-corrected chi connectivity index (χ3v) is 9.09. The van der Waals surface area contributed by atoms with Crippen LogP contribution >= 0.6 is 11.3 Å². The summed E-state index contributed by atoms with van der Waals surface area (Å²) in [7, 11) is -0.464. The number of fused-ring (bicyclic) bond motifs is 1. The van der Waals surface area contributed by atoms with E-state index in [1.54, 1.807) is 62.0 Å². The molecule has 0 atom stereocenters. The number of hydrogen-bond acceptors (Lipinski definition) is 6. The molecule has 0 fully saturated rings. The van der Waals surface area contributed by atoms with Gasteiger partial charge in [-0.3, -0.25) is 4.79 Å². The second-order valence-electron chi connectivity index (χ2n) is 8.48. The molecule has 190 valence electrons. The van der Waals surface area contributed by atoms with Crippen molar-refractivity contribution >= 4 is 43.1 Å². The second kappa shape index (κ2) is 10.7. The number of thiophene rings is 1. The minimum atomic E-state index is -3.65. The van der Waals surface area contributed by atoms with E-state index in [2.05, 4.69) is 18.2 Å². The lowest BCUT2D eigenvalue weighted by Crippen LogP contribution is -2.02. The lowest BCUT2D eigenvalue weighted by molar-refractivity contribution is 0.104. The third-order valence-electron chi connectivity index (χ3n) is 6.16. The van der Waals surface area contributed by atoms with Gasteiger partial charge in [0.2, 0.25) is 9.84 Å². The summed E-state index contributed by atoms with van der Waals surface area (Å²) in [6, 6.07) is 28.2. The summed E-state index contributed by atoms with van der Waals surface area (Å²) in [6.45, 7) is 0. The molecule has 38 heavy (non-hydrogen) atoms. The first-order valence-corrected chi connectivity index (χ1v) is 14.1. The number of carbonyl (C=O) groups excluding carboxylic acids is 1. The first-order chi connectivity index (χ1) is 18.4. The maximum atomic E-state index is 12.9. The summed E-state index contributed by atoms with van der Waals surface area (Å²) in [5.41, 5.74) is 2.00. The van der Waals surface area contributed by atoms with Crippen molar-refractivity contribution in [1.29, 1.82) is 0 Å². The van der Waals surface area contributed by atoms with Crippen LogP contribution in [0, 0.1) is 0 Å². The van der Waals surface area contributed by atoms with Crippen LogP contribution in [0.3, 0.4) is 0 Å². The van der Waals surface area contributed by atoms with Crippen molar-refractivity contribution in [1.82, 2.24) is 0 Å². The normalized spacial score (nSPS) is 11.6. The van der Waals surface area contributed by atoms with Gasteiger partial charge in [0.1, 0.15) is 11.5 Å². The highest BCUT2D eigenvalue weighted by Crippen LogP contribution is 2.41. The van der Waals surface area contributed by atoms with Crippen LogP contribution in [0.25, 0.3) is 26.6 Å². The number of allylic oxidation sites excluding steroid dienone is 1. The Labute approximate surface area is 225 Å². The van der Waals surface area contributed by atoms with Gasteiger partial charge in [0.15, 0.2) is 5.78 Å². The van der Waals surface area contributed by atoms with Gasteiger partial charge in [-0.15, -0.1) is 11.3 Å². The topological polar surface area (TPSA) is 69.7 Å². The third kappa shape index (κ3) is 4.98. The zero-order chi connectivity index (χ0) is 26.7. The molecule has 0 spiro atoms. The molecule has 0 aliphatic heterocycles. The SMILES string of the molecule is COc1cc(OC)c(-c2cc3ccccc3s2)cc1/C=C/C(=O)c1ccc(S(=O)(=O)c2ccccc2)cc1. The molecule has 0 aliphatic carbocycles.